The monoisotopic (exact) mass is 464 g/mol. The molecule has 7 nitrogen and oxygen atoms in total. The Kier molecular flexibility index (Phi) is 6.03. The summed E-state index contributed by atoms with van der Waals surface area (Å²) in [5, 5.41) is 10.8. The van der Waals surface area contributed by atoms with E-state index in [4.69, 9.17) is 4.74 Å². The van der Waals surface area contributed by atoms with Gasteiger partial charge in [0.15, 0.2) is 5.82 Å². The number of rotatable bonds is 6. The molecule has 1 atom stereocenters. The molecule has 0 fully saturated rings. The number of halogens is 1. The van der Waals surface area contributed by atoms with Crippen LogP contribution < -0.4 is 10.3 Å². The number of hydrogen-bond acceptors (Lipinski definition) is 5. The Labute approximate surface area is 197 Å². The lowest BCUT2D eigenvalue weighted by Gasteiger charge is -2.17. The Balaban J connectivity index is 1.83. The molecule has 0 bridgehead atoms. The highest BCUT2D eigenvalue weighted by Crippen LogP contribution is 2.28. The van der Waals surface area contributed by atoms with Crippen LogP contribution in [0.3, 0.4) is 0 Å². The van der Waals surface area contributed by atoms with E-state index in [2.05, 4.69) is 9.97 Å². The second-order valence-corrected chi connectivity index (χ2v) is 9.14. The highest BCUT2D eigenvalue weighted by Gasteiger charge is 2.21. The van der Waals surface area contributed by atoms with Crippen molar-refractivity contribution in [3.63, 3.8) is 0 Å². The maximum atomic E-state index is 13.6. The summed E-state index contributed by atoms with van der Waals surface area (Å²) in [5.74, 6) is 0.790. The third-order valence-electron chi connectivity index (χ3n) is 5.83. The van der Waals surface area contributed by atoms with Gasteiger partial charge in [-0.15, -0.1) is 0 Å². The van der Waals surface area contributed by atoms with Crippen LogP contribution in [0.15, 0.2) is 47.4 Å². The normalized spacial score (nSPS) is 12.8. The van der Waals surface area contributed by atoms with Crippen LogP contribution in [0.5, 0.6) is 5.75 Å². The second-order valence-electron chi connectivity index (χ2n) is 9.14. The molecule has 8 heteroatoms. The molecule has 34 heavy (non-hydrogen) atoms. The van der Waals surface area contributed by atoms with Crippen molar-refractivity contribution in [3.8, 4) is 16.9 Å². The van der Waals surface area contributed by atoms with Crippen molar-refractivity contribution in [1.29, 1.82) is 0 Å². The lowest BCUT2D eigenvalue weighted by molar-refractivity contribution is 0.0685. The zero-order valence-electron chi connectivity index (χ0n) is 20.3. The molecule has 0 aliphatic carbocycles. The standard InChI is InChI=1S/C26H29FN4O3/c1-15-7-10-23(34-17(3)27)19(11-15)14-31-22-12-18(8-9-20(22)24(32)30(31)6)21-13-28-25(26(4,5)33)29-16(21)2/h7-13,17,33H,14H2,1-6H3. The van der Waals surface area contributed by atoms with E-state index in [0.29, 0.717) is 23.5 Å². The summed E-state index contributed by atoms with van der Waals surface area (Å²) < 4.78 is 22.4. The molecule has 4 rings (SSSR count). The summed E-state index contributed by atoms with van der Waals surface area (Å²) in [5.41, 5.74) is 3.64. The fourth-order valence-electron chi connectivity index (χ4n) is 4.06. The van der Waals surface area contributed by atoms with Gasteiger partial charge in [0.1, 0.15) is 11.4 Å². The van der Waals surface area contributed by atoms with Crippen LogP contribution >= 0.6 is 0 Å². The quantitative estimate of drug-likeness (QED) is 0.458. The molecule has 1 unspecified atom stereocenters. The zero-order chi connectivity index (χ0) is 24.8. The highest BCUT2D eigenvalue weighted by molar-refractivity contribution is 5.84. The molecule has 2 aromatic carbocycles. The maximum absolute atomic E-state index is 13.6. The predicted octanol–water partition coefficient (Wildman–Crippen LogP) is 4.38. The van der Waals surface area contributed by atoms with E-state index >= 15 is 0 Å². The molecule has 0 aliphatic rings. The van der Waals surface area contributed by atoms with Crippen molar-refractivity contribution in [2.75, 3.05) is 0 Å². The molecule has 178 valence electrons. The Bertz CT molecular complexity index is 1430. The molecular formula is C26H29FN4O3. The van der Waals surface area contributed by atoms with Crippen molar-refractivity contribution in [2.24, 2.45) is 7.05 Å². The van der Waals surface area contributed by atoms with Crippen LogP contribution in [-0.4, -0.2) is 30.8 Å². The molecular weight excluding hydrogens is 435 g/mol. The van der Waals surface area contributed by atoms with Crippen LogP contribution in [0.2, 0.25) is 0 Å². The van der Waals surface area contributed by atoms with Crippen molar-refractivity contribution in [3.05, 3.63) is 75.6 Å². The van der Waals surface area contributed by atoms with Gasteiger partial charge in [-0.1, -0.05) is 23.8 Å². The van der Waals surface area contributed by atoms with Gasteiger partial charge in [0, 0.05) is 37.0 Å². The summed E-state index contributed by atoms with van der Waals surface area (Å²) in [4.78, 5) is 21.8. The van der Waals surface area contributed by atoms with E-state index < -0.39 is 12.0 Å². The summed E-state index contributed by atoms with van der Waals surface area (Å²) in [6, 6.07) is 11.2. The van der Waals surface area contributed by atoms with E-state index in [1.165, 1.54) is 6.92 Å². The number of aromatic nitrogens is 4. The minimum absolute atomic E-state index is 0.124. The van der Waals surface area contributed by atoms with Crippen LogP contribution in [0.4, 0.5) is 4.39 Å². The number of hydrogen-bond donors (Lipinski definition) is 1. The minimum Gasteiger partial charge on any atom is -0.460 e. The first-order valence-electron chi connectivity index (χ1n) is 11.1. The highest BCUT2D eigenvalue weighted by atomic mass is 19.1. The number of nitrogens with zero attached hydrogens (tertiary/aromatic N) is 4. The molecule has 0 saturated heterocycles. The number of alkyl halides is 1. The first-order chi connectivity index (χ1) is 16.0. The Morgan fingerprint density at radius 3 is 2.56 bits per heavy atom. The SMILES string of the molecule is Cc1ccc(OC(C)F)c(Cn2c3cc(-c4cnc(C(C)(C)O)nc4C)ccc3c(=O)n2C)c1. The lowest BCUT2D eigenvalue weighted by Crippen LogP contribution is -2.20. The van der Waals surface area contributed by atoms with Gasteiger partial charge in [0.2, 0.25) is 6.36 Å². The Hall–Kier alpha value is -3.52. The number of aliphatic hydroxyl groups is 1. The van der Waals surface area contributed by atoms with Gasteiger partial charge >= 0.3 is 0 Å². The molecule has 0 radical (unpaired) electrons. The van der Waals surface area contributed by atoms with Crippen LogP contribution in [0.1, 0.15) is 43.4 Å². The van der Waals surface area contributed by atoms with Gasteiger partial charge < -0.3 is 9.84 Å². The molecule has 0 aliphatic heterocycles. The average Bonchev–Trinajstić information content (AvgIpc) is 2.99. The molecule has 0 saturated carbocycles. The van der Waals surface area contributed by atoms with Crippen molar-refractivity contribution in [2.45, 2.75) is 53.1 Å². The fourth-order valence-corrected chi connectivity index (χ4v) is 4.06. The predicted molar refractivity (Wildman–Crippen MR) is 130 cm³/mol. The summed E-state index contributed by atoms with van der Waals surface area (Å²) in [6.45, 7) is 8.77. The Morgan fingerprint density at radius 2 is 1.91 bits per heavy atom. The van der Waals surface area contributed by atoms with Gasteiger partial charge in [0.25, 0.3) is 5.56 Å². The molecule has 4 aromatic rings. The number of ether oxygens (including phenoxy) is 1. The van der Waals surface area contributed by atoms with Gasteiger partial charge in [-0.3, -0.25) is 14.2 Å². The van der Waals surface area contributed by atoms with Gasteiger partial charge in [-0.2, -0.15) is 0 Å². The van der Waals surface area contributed by atoms with E-state index in [9.17, 15) is 14.3 Å². The van der Waals surface area contributed by atoms with E-state index in [-0.39, 0.29) is 5.56 Å². The van der Waals surface area contributed by atoms with Crippen molar-refractivity contribution in [1.82, 2.24) is 19.3 Å². The van der Waals surface area contributed by atoms with Crippen LogP contribution in [0.25, 0.3) is 22.0 Å². The second kappa shape index (κ2) is 8.68. The third-order valence-corrected chi connectivity index (χ3v) is 5.83. The van der Waals surface area contributed by atoms with Gasteiger partial charge in [0.05, 0.1) is 17.4 Å². The summed E-state index contributed by atoms with van der Waals surface area (Å²) in [6.07, 6.45) is 0.241. The summed E-state index contributed by atoms with van der Waals surface area (Å²) >= 11 is 0. The Morgan fingerprint density at radius 1 is 1.18 bits per heavy atom. The lowest BCUT2D eigenvalue weighted by atomic mass is 10.0. The molecule has 2 aromatic heterocycles. The number of benzene rings is 2. The zero-order valence-corrected chi connectivity index (χ0v) is 20.3. The van der Waals surface area contributed by atoms with Crippen LogP contribution in [-0.2, 0) is 19.2 Å². The average molecular weight is 465 g/mol. The topological polar surface area (TPSA) is 82.2 Å². The molecule has 1 N–H and O–H groups in total. The molecule has 0 spiro atoms. The third kappa shape index (κ3) is 4.46. The largest absolute Gasteiger partial charge is 0.460 e. The first kappa shape index (κ1) is 23.6. The van der Waals surface area contributed by atoms with Crippen molar-refractivity contribution < 1.29 is 14.2 Å². The van der Waals surface area contributed by atoms with Gasteiger partial charge in [-0.25, -0.2) is 14.4 Å². The van der Waals surface area contributed by atoms with E-state index in [1.807, 2.05) is 42.8 Å². The fraction of sp³-hybridized carbons (Fsp3) is 0.346. The van der Waals surface area contributed by atoms with E-state index in [1.54, 1.807) is 43.9 Å². The van der Waals surface area contributed by atoms with Crippen molar-refractivity contribution >= 4 is 10.9 Å². The van der Waals surface area contributed by atoms with Gasteiger partial charge in [-0.05, 0) is 51.5 Å². The number of aryl methyl sites for hydroxylation is 2. The molecule has 2 heterocycles. The molecule has 0 amide bonds. The minimum atomic E-state index is -1.45. The summed E-state index contributed by atoms with van der Waals surface area (Å²) in [7, 11) is 1.71. The smallest absolute Gasteiger partial charge is 0.274 e. The first-order valence-corrected chi connectivity index (χ1v) is 11.1. The number of fused-ring (bicyclic) bond motifs is 1. The maximum Gasteiger partial charge on any atom is 0.274 e. The van der Waals surface area contributed by atoms with E-state index in [0.717, 1.165) is 33.5 Å². The van der Waals surface area contributed by atoms with Crippen LogP contribution in [0, 0.1) is 13.8 Å².